The number of nitrogens with zero attached hydrogens (tertiary/aromatic N) is 1. The van der Waals surface area contributed by atoms with Crippen molar-refractivity contribution in [2.45, 2.75) is 64.2 Å². The number of hydrogen-bond donors (Lipinski definition) is 1. The molecule has 0 saturated carbocycles. The number of furan rings is 1. The van der Waals surface area contributed by atoms with E-state index in [0.29, 0.717) is 25.9 Å². The maximum atomic E-state index is 12.6. The van der Waals surface area contributed by atoms with Crippen molar-refractivity contribution in [1.29, 1.82) is 0 Å². The first kappa shape index (κ1) is 23.0. The van der Waals surface area contributed by atoms with E-state index in [9.17, 15) is 9.59 Å². The molecule has 0 fully saturated rings. The number of anilines is 1. The number of carbonyl (C=O) groups is 2. The van der Waals surface area contributed by atoms with Gasteiger partial charge in [0.2, 0.25) is 0 Å². The number of carbonyl (C=O) groups excluding carboxylic acids is 2. The van der Waals surface area contributed by atoms with E-state index < -0.39 is 5.92 Å². The van der Waals surface area contributed by atoms with Crippen LogP contribution in [0.2, 0.25) is 0 Å². The third-order valence-corrected chi connectivity index (χ3v) is 6.26. The largest absolute Gasteiger partial charge is 0.466 e. The van der Waals surface area contributed by atoms with Crippen LogP contribution < -0.4 is 5.32 Å². The molecule has 0 radical (unpaired) electrons. The first-order chi connectivity index (χ1) is 16.1. The molecule has 0 spiro atoms. The summed E-state index contributed by atoms with van der Waals surface area (Å²) in [7, 11) is 0. The highest BCUT2D eigenvalue weighted by Gasteiger charge is 2.23. The van der Waals surface area contributed by atoms with Crippen molar-refractivity contribution in [3.63, 3.8) is 0 Å². The van der Waals surface area contributed by atoms with Crippen molar-refractivity contribution in [2.75, 3.05) is 18.5 Å². The van der Waals surface area contributed by atoms with Crippen LogP contribution in [0.4, 0.5) is 5.82 Å². The molecule has 1 aliphatic rings. The first-order valence-corrected chi connectivity index (χ1v) is 12.0. The van der Waals surface area contributed by atoms with E-state index in [4.69, 9.17) is 14.1 Å². The number of benzene rings is 1. The Morgan fingerprint density at radius 1 is 1.15 bits per heavy atom. The fourth-order valence-corrected chi connectivity index (χ4v) is 4.42. The third-order valence-electron chi connectivity index (χ3n) is 6.26. The molecule has 1 aromatic carbocycles. The number of esters is 1. The Bertz CT molecular complexity index is 1100. The molecule has 33 heavy (non-hydrogen) atoms. The number of aryl methyl sites for hydroxylation is 2. The second kappa shape index (κ2) is 11.1. The van der Waals surface area contributed by atoms with Crippen LogP contribution in [0.3, 0.4) is 0 Å². The molecule has 0 amide bonds. The zero-order valence-corrected chi connectivity index (χ0v) is 19.3. The quantitative estimate of drug-likeness (QED) is 0.304. The number of ketones is 1. The first-order valence-electron chi connectivity index (χ1n) is 12.0. The Kier molecular flexibility index (Phi) is 7.76. The van der Waals surface area contributed by atoms with Gasteiger partial charge in [-0.3, -0.25) is 9.59 Å². The van der Waals surface area contributed by atoms with E-state index in [-0.39, 0.29) is 11.8 Å². The number of pyridine rings is 1. The number of nitrogens with one attached hydrogen (secondary N) is 1. The van der Waals surface area contributed by atoms with Gasteiger partial charge in [-0.2, -0.15) is 0 Å². The molecule has 0 unspecified atom stereocenters. The number of Topliss-reactive ketones (excluding diaryl/α,β-unsaturated/α-hetero) is 1. The van der Waals surface area contributed by atoms with Gasteiger partial charge in [0, 0.05) is 30.5 Å². The molecule has 174 valence electrons. The van der Waals surface area contributed by atoms with Gasteiger partial charge in [0.15, 0.2) is 0 Å². The van der Waals surface area contributed by atoms with Crippen LogP contribution in [0.1, 0.15) is 68.2 Å². The topological polar surface area (TPSA) is 81.4 Å². The average molecular weight is 449 g/mol. The number of fused-ring (bicyclic) bond motifs is 2. The third kappa shape index (κ3) is 6.01. The second-order valence-corrected chi connectivity index (χ2v) is 8.65. The summed E-state index contributed by atoms with van der Waals surface area (Å²) in [6.45, 7) is 3.10. The Labute approximate surface area is 194 Å². The van der Waals surface area contributed by atoms with Crippen molar-refractivity contribution in [2.24, 2.45) is 0 Å². The molecular weight excluding hydrogens is 416 g/mol. The lowest BCUT2D eigenvalue weighted by molar-refractivity contribution is -0.145. The molecule has 1 atom stereocenters. The van der Waals surface area contributed by atoms with E-state index in [2.05, 4.69) is 17.4 Å². The number of hydrogen-bond acceptors (Lipinski definition) is 6. The summed E-state index contributed by atoms with van der Waals surface area (Å²) in [6, 6.07) is 11.9. The number of rotatable bonds is 11. The summed E-state index contributed by atoms with van der Waals surface area (Å²) in [5, 5.41) is 4.36. The molecule has 6 heteroatoms. The predicted molar refractivity (Wildman–Crippen MR) is 128 cm³/mol. The summed E-state index contributed by atoms with van der Waals surface area (Å²) in [4.78, 5) is 29.8. The van der Waals surface area contributed by atoms with Crippen LogP contribution in [0.15, 0.2) is 47.1 Å². The fourth-order valence-electron chi connectivity index (χ4n) is 4.42. The summed E-state index contributed by atoms with van der Waals surface area (Å²) in [5.41, 5.74) is 3.93. The Morgan fingerprint density at radius 3 is 2.94 bits per heavy atom. The lowest BCUT2D eigenvalue weighted by atomic mass is 9.92. The standard InChI is InChI=1S/C27H32N2O4/c1-2-32-27(31)24(21-10-9-19-15-17-33-25(19)18-21)14-13-23(30)8-4-3-7-22-12-11-20-6-5-16-28-26(20)29-22/h9-12,15,17-18,24H,2-8,13-14,16H2,1H3,(H,28,29)/t24-/m0/s1. The SMILES string of the molecule is CCOC(=O)[C@@H](CCC(=O)CCCCc1ccc2c(n1)NCCC2)c1ccc2ccoc2c1. The van der Waals surface area contributed by atoms with E-state index >= 15 is 0 Å². The van der Waals surface area contributed by atoms with Crippen LogP contribution in [-0.2, 0) is 27.2 Å². The van der Waals surface area contributed by atoms with Gasteiger partial charge in [0.1, 0.15) is 17.2 Å². The van der Waals surface area contributed by atoms with Crippen LogP contribution in [0, 0.1) is 0 Å². The lowest BCUT2D eigenvalue weighted by Crippen LogP contribution is -2.17. The van der Waals surface area contributed by atoms with Crippen molar-refractivity contribution < 1.29 is 18.7 Å². The van der Waals surface area contributed by atoms with Gasteiger partial charge in [-0.15, -0.1) is 0 Å². The van der Waals surface area contributed by atoms with Gasteiger partial charge in [0.05, 0.1) is 18.8 Å². The second-order valence-electron chi connectivity index (χ2n) is 8.65. The molecule has 1 N–H and O–H groups in total. The van der Waals surface area contributed by atoms with Gasteiger partial charge < -0.3 is 14.5 Å². The maximum Gasteiger partial charge on any atom is 0.313 e. The highest BCUT2D eigenvalue weighted by molar-refractivity contribution is 5.84. The molecule has 2 aromatic heterocycles. The summed E-state index contributed by atoms with van der Waals surface area (Å²) in [5.74, 6) is 0.454. The molecule has 0 saturated heterocycles. The van der Waals surface area contributed by atoms with E-state index in [1.165, 1.54) is 5.56 Å². The van der Waals surface area contributed by atoms with E-state index in [0.717, 1.165) is 66.7 Å². The van der Waals surface area contributed by atoms with Crippen molar-refractivity contribution >= 4 is 28.5 Å². The van der Waals surface area contributed by atoms with Gasteiger partial charge in [-0.05, 0) is 74.8 Å². The van der Waals surface area contributed by atoms with Crippen LogP contribution in [-0.4, -0.2) is 29.9 Å². The number of unbranched alkanes of at least 4 members (excludes halogenated alkanes) is 1. The number of ether oxygens (including phenoxy) is 1. The lowest BCUT2D eigenvalue weighted by Gasteiger charge is -2.17. The molecule has 3 aromatic rings. The number of aromatic nitrogens is 1. The normalized spacial score (nSPS) is 13.8. The summed E-state index contributed by atoms with van der Waals surface area (Å²) in [6.07, 6.45) is 7.83. The van der Waals surface area contributed by atoms with Crippen molar-refractivity contribution in [3.8, 4) is 0 Å². The molecule has 1 aliphatic heterocycles. The molecule has 4 rings (SSSR count). The monoisotopic (exact) mass is 448 g/mol. The zero-order valence-electron chi connectivity index (χ0n) is 19.3. The molecule has 0 aliphatic carbocycles. The van der Waals surface area contributed by atoms with Gasteiger partial charge >= 0.3 is 5.97 Å². The fraction of sp³-hybridized carbons (Fsp3) is 0.444. The smallest absolute Gasteiger partial charge is 0.313 e. The van der Waals surface area contributed by atoms with E-state index in [1.807, 2.05) is 24.3 Å². The Morgan fingerprint density at radius 2 is 2.06 bits per heavy atom. The molecular formula is C27H32N2O4. The Balaban J connectivity index is 1.26. The van der Waals surface area contributed by atoms with Crippen LogP contribution in [0.5, 0.6) is 0 Å². The highest BCUT2D eigenvalue weighted by atomic mass is 16.5. The molecule has 6 nitrogen and oxygen atoms in total. The minimum atomic E-state index is -0.462. The van der Waals surface area contributed by atoms with E-state index in [1.54, 1.807) is 13.2 Å². The highest BCUT2D eigenvalue weighted by Crippen LogP contribution is 2.28. The summed E-state index contributed by atoms with van der Waals surface area (Å²) < 4.78 is 10.8. The predicted octanol–water partition coefficient (Wildman–Crippen LogP) is 5.59. The van der Waals surface area contributed by atoms with Crippen molar-refractivity contribution in [3.05, 3.63) is 59.5 Å². The summed E-state index contributed by atoms with van der Waals surface area (Å²) >= 11 is 0. The Hall–Kier alpha value is -3.15. The van der Waals surface area contributed by atoms with Crippen molar-refractivity contribution in [1.82, 2.24) is 4.98 Å². The van der Waals surface area contributed by atoms with Gasteiger partial charge in [-0.25, -0.2) is 4.98 Å². The minimum absolute atomic E-state index is 0.184. The van der Waals surface area contributed by atoms with Crippen LogP contribution >= 0.6 is 0 Å². The maximum absolute atomic E-state index is 12.6. The van der Waals surface area contributed by atoms with Crippen LogP contribution in [0.25, 0.3) is 11.0 Å². The zero-order chi connectivity index (χ0) is 23.0. The van der Waals surface area contributed by atoms with Gasteiger partial charge in [0.25, 0.3) is 0 Å². The average Bonchev–Trinajstić information content (AvgIpc) is 3.30. The molecule has 0 bridgehead atoms. The van der Waals surface area contributed by atoms with Gasteiger partial charge in [-0.1, -0.05) is 18.2 Å². The molecule has 3 heterocycles. The minimum Gasteiger partial charge on any atom is -0.466 e.